The van der Waals surface area contributed by atoms with E-state index in [0.29, 0.717) is 0 Å². The maximum atomic E-state index is 11.0. The van der Waals surface area contributed by atoms with Crippen LogP contribution in [0.25, 0.3) is 0 Å². The molecule has 14 heavy (non-hydrogen) atoms. The highest BCUT2D eigenvalue weighted by Gasteiger charge is 2.05. The fourth-order valence-electron chi connectivity index (χ4n) is 0.631. The van der Waals surface area contributed by atoms with E-state index >= 15 is 0 Å². The summed E-state index contributed by atoms with van der Waals surface area (Å²) in [5.74, 6) is -0.875. The Morgan fingerprint density at radius 3 is 2.50 bits per heavy atom. The van der Waals surface area contributed by atoms with Crippen LogP contribution >= 0.6 is 11.8 Å². The Bertz CT molecular complexity index is 261. The standard InChI is InChI=1S/C9H13NO3S/c1-3-4-5-9(13)14-6-8(12)10-7(2)11/h4-5H,3,6H2,1-2H3,(H,10,11,12)/b5-4+. The minimum Gasteiger partial charge on any atom is -0.296 e. The van der Waals surface area contributed by atoms with Crippen LogP contribution in [0, 0.1) is 0 Å². The number of thioether (sulfide) groups is 1. The Labute approximate surface area is 87.1 Å². The van der Waals surface area contributed by atoms with Crippen LogP contribution in [0.3, 0.4) is 0 Å². The zero-order valence-electron chi connectivity index (χ0n) is 8.20. The molecular formula is C9H13NO3S. The molecular weight excluding hydrogens is 202 g/mol. The summed E-state index contributed by atoms with van der Waals surface area (Å²) in [4.78, 5) is 32.3. The van der Waals surface area contributed by atoms with Crippen LogP contribution in [0.5, 0.6) is 0 Å². The summed E-state index contributed by atoms with van der Waals surface area (Å²) < 4.78 is 0. The summed E-state index contributed by atoms with van der Waals surface area (Å²) >= 11 is 0.876. The molecule has 2 amide bonds. The highest BCUT2D eigenvalue weighted by atomic mass is 32.2. The summed E-state index contributed by atoms with van der Waals surface area (Å²) in [5.41, 5.74) is 0. The van der Waals surface area contributed by atoms with Crippen molar-refractivity contribution in [2.45, 2.75) is 20.3 Å². The lowest BCUT2D eigenvalue weighted by Crippen LogP contribution is -2.29. The van der Waals surface area contributed by atoms with E-state index < -0.39 is 11.8 Å². The summed E-state index contributed by atoms with van der Waals surface area (Å²) in [7, 11) is 0. The van der Waals surface area contributed by atoms with Crippen LogP contribution in [0.2, 0.25) is 0 Å². The van der Waals surface area contributed by atoms with Crippen molar-refractivity contribution < 1.29 is 14.4 Å². The van der Waals surface area contributed by atoms with Crippen LogP contribution < -0.4 is 5.32 Å². The zero-order valence-corrected chi connectivity index (χ0v) is 9.02. The van der Waals surface area contributed by atoms with Crippen molar-refractivity contribution in [1.29, 1.82) is 0 Å². The average molecular weight is 215 g/mol. The largest absolute Gasteiger partial charge is 0.296 e. The lowest BCUT2D eigenvalue weighted by atomic mass is 10.4. The van der Waals surface area contributed by atoms with Crippen molar-refractivity contribution in [3.63, 3.8) is 0 Å². The number of allylic oxidation sites excluding steroid dienone is 1. The number of carbonyl (C=O) groups excluding carboxylic acids is 3. The smallest absolute Gasteiger partial charge is 0.237 e. The number of amides is 2. The second-order valence-corrected chi connectivity index (χ2v) is 3.50. The molecule has 0 rings (SSSR count). The van der Waals surface area contributed by atoms with Crippen molar-refractivity contribution in [2.75, 3.05) is 5.75 Å². The number of imide groups is 1. The number of carbonyl (C=O) groups is 3. The molecule has 0 saturated heterocycles. The number of nitrogens with one attached hydrogen (secondary N) is 1. The van der Waals surface area contributed by atoms with Gasteiger partial charge in [-0.2, -0.15) is 0 Å². The summed E-state index contributed by atoms with van der Waals surface area (Å²) in [5, 5.41) is 1.90. The lowest BCUT2D eigenvalue weighted by Gasteiger charge is -1.97. The van der Waals surface area contributed by atoms with Gasteiger partial charge in [0.1, 0.15) is 0 Å². The number of rotatable bonds is 4. The Kier molecular flexibility index (Phi) is 6.74. The molecule has 0 fully saturated rings. The minimum atomic E-state index is -0.444. The van der Waals surface area contributed by atoms with E-state index in [1.165, 1.54) is 13.0 Å². The van der Waals surface area contributed by atoms with Crippen LogP contribution in [-0.2, 0) is 14.4 Å². The van der Waals surface area contributed by atoms with Gasteiger partial charge in [-0.1, -0.05) is 24.8 Å². The SMILES string of the molecule is CC/C=C/C(=O)SCC(=O)NC(C)=O. The molecule has 0 bridgehead atoms. The summed E-state index contributed by atoms with van der Waals surface area (Å²) in [6.45, 7) is 3.16. The van der Waals surface area contributed by atoms with Gasteiger partial charge in [0.2, 0.25) is 16.9 Å². The number of hydrogen-bond acceptors (Lipinski definition) is 4. The molecule has 0 aromatic heterocycles. The second-order valence-electron chi connectivity index (χ2n) is 2.52. The van der Waals surface area contributed by atoms with Crippen molar-refractivity contribution in [2.24, 2.45) is 0 Å². The topological polar surface area (TPSA) is 63.2 Å². The maximum absolute atomic E-state index is 11.0. The van der Waals surface area contributed by atoms with Gasteiger partial charge in [-0.05, 0) is 12.5 Å². The van der Waals surface area contributed by atoms with Crippen molar-refractivity contribution in [3.8, 4) is 0 Å². The van der Waals surface area contributed by atoms with Gasteiger partial charge >= 0.3 is 0 Å². The average Bonchev–Trinajstić information content (AvgIpc) is 2.10. The van der Waals surface area contributed by atoms with Crippen molar-refractivity contribution in [1.82, 2.24) is 5.32 Å². The van der Waals surface area contributed by atoms with E-state index in [4.69, 9.17) is 0 Å². The van der Waals surface area contributed by atoms with E-state index in [-0.39, 0.29) is 10.9 Å². The molecule has 0 atom stereocenters. The molecule has 0 aliphatic rings. The van der Waals surface area contributed by atoms with Crippen LogP contribution in [0.4, 0.5) is 0 Å². The third-order valence-electron chi connectivity index (χ3n) is 1.15. The first kappa shape index (κ1) is 12.9. The lowest BCUT2D eigenvalue weighted by molar-refractivity contribution is -0.127. The van der Waals surface area contributed by atoms with Crippen molar-refractivity contribution in [3.05, 3.63) is 12.2 Å². The van der Waals surface area contributed by atoms with Gasteiger partial charge in [-0.15, -0.1) is 0 Å². The summed E-state index contributed by atoms with van der Waals surface area (Å²) in [6, 6.07) is 0. The first-order valence-corrected chi connectivity index (χ1v) is 5.18. The van der Waals surface area contributed by atoms with Gasteiger partial charge in [0.05, 0.1) is 5.75 Å². The van der Waals surface area contributed by atoms with Gasteiger partial charge in [-0.3, -0.25) is 19.7 Å². The summed E-state index contributed by atoms with van der Waals surface area (Å²) in [6.07, 6.45) is 3.93. The molecule has 78 valence electrons. The van der Waals surface area contributed by atoms with Gasteiger partial charge in [0, 0.05) is 6.92 Å². The first-order valence-electron chi connectivity index (χ1n) is 4.20. The van der Waals surface area contributed by atoms with Gasteiger partial charge < -0.3 is 0 Å². The Balaban J connectivity index is 3.72. The molecule has 0 unspecified atom stereocenters. The molecule has 0 radical (unpaired) electrons. The molecule has 0 heterocycles. The second kappa shape index (κ2) is 7.32. The molecule has 1 N–H and O–H groups in total. The Morgan fingerprint density at radius 2 is 2.00 bits per heavy atom. The normalized spacial score (nSPS) is 10.1. The van der Waals surface area contributed by atoms with Crippen LogP contribution in [-0.4, -0.2) is 22.7 Å². The van der Waals surface area contributed by atoms with Gasteiger partial charge in [-0.25, -0.2) is 0 Å². The molecule has 0 saturated carbocycles. The zero-order chi connectivity index (χ0) is 11.0. The van der Waals surface area contributed by atoms with E-state index in [0.717, 1.165) is 18.2 Å². The monoisotopic (exact) mass is 215 g/mol. The quantitative estimate of drug-likeness (QED) is 0.707. The van der Waals surface area contributed by atoms with E-state index in [9.17, 15) is 14.4 Å². The molecule has 0 aliphatic carbocycles. The van der Waals surface area contributed by atoms with E-state index in [1.54, 1.807) is 6.08 Å². The molecule has 5 heteroatoms. The van der Waals surface area contributed by atoms with Crippen LogP contribution in [0.1, 0.15) is 20.3 Å². The van der Waals surface area contributed by atoms with Gasteiger partial charge in [0.15, 0.2) is 0 Å². The molecule has 4 nitrogen and oxygen atoms in total. The molecule has 0 aliphatic heterocycles. The third-order valence-corrected chi connectivity index (χ3v) is 1.98. The predicted octanol–water partition coefficient (Wildman–Crippen LogP) is 0.875. The first-order chi connectivity index (χ1) is 6.56. The molecule has 0 aromatic rings. The number of hydrogen-bond donors (Lipinski definition) is 1. The minimum absolute atomic E-state index is 0.0214. The predicted molar refractivity (Wildman–Crippen MR) is 55.7 cm³/mol. The fraction of sp³-hybridized carbons (Fsp3) is 0.444. The Hall–Kier alpha value is -1.10. The van der Waals surface area contributed by atoms with Crippen molar-refractivity contribution >= 4 is 28.7 Å². The highest BCUT2D eigenvalue weighted by Crippen LogP contribution is 2.02. The molecule has 0 aromatic carbocycles. The maximum Gasteiger partial charge on any atom is 0.237 e. The highest BCUT2D eigenvalue weighted by molar-refractivity contribution is 8.14. The molecule has 0 spiro atoms. The van der Waals surface area contributed by atoms with Gasteiger partial charge in [0.25, 0.3) is 0 Å². The third kappa shape index (κ3) is 7.54. The van der Waals surface area contributed by atoms with Crippen LogP contribution in [0.15, 0.2) is 12.2 Å². The fourth-order valence-corrected chi connectivity index (χ4v) is 1.17. The Morgan fingerprint density at radius 1 is 1.36 bits per heavy atom. The van der Waals surface area contributed by atoms with E-state index in [1.807, 2.05) is 6.92 Å². The van der Waals surface area contributed by atoms with E-state index in [2.05, 4.69) is 5.32 Å².